The quantitative estimate of drug-likeness (QED) is 0.594. The first-order valence-corrected chi connectivity index (χ1v) is 10.6. The molecule has 1 aromatic heterocycles. The average molecular weight is 426 g/mol. The van der Waals surface area contributed by atoms with Gasteiger partial charge in [-0.25, -0.2) is 4.79 Å². The number of carbonyl (C=O) groups is 2. The van der Waals surface area contributed by atoms with Crippen LogP contribution in [0.15, 0.2) is 60.0 Å². The van der Waals surface area contributed by atoms with Crippen molar-refractivity contribution in [3.63, 3.8) is 0 Å². The highest BCUT2D eigenvalue weighted by molar-refractivity contribution is 7.12. The minimum absolute atomic E-state index is 0.0300. The van der Waals surface area contributed by atoms with Gasteiger partial charge in [0.2, 0.25) is 0 Å². The Balaban J connectivity index is 1.41. The third kappa shape index (κ3) is 4.60. The van der Waals surface area contributed by atoms with E-state index >= 15 is 0 Å². The molecule has 1 aliphatic rings. The van der Waals surface area contributed by atoms with Crippen LogP contribution in [0, 0.1) is 0 Å². The van der Waals surface area contributed by atoms with Gasteiger partial charge in [-0.1, -0.05) is 29.8 Å². The van der Waals surface area contributed by atoms with Gasteiger partial charge in [0, 0.05) is 29.5 Å². The fourth-order valence-electron chi connectivity index (χ4n) is 3.38. The van der Waals surface area contributed by atoms with Crippen molar-refractivity contribution < 1.29 is 9.59 Å². The minimum atomic E-state index is -0.276. The number of hydrogen-bond donors (Lipinski definition) is 2. The summed E-state index contributed by atoms with van der Waals surface area (Å²) in [6, 6.07) is 16.5. The number of carbonyl (C=O) groups excluding carboxylic acids is 2. The van der Waals surface area contributed by atoms with E-state index in [-0.39, 0.29) is 11.9 Å². The summed E-state index contributed by atoms with van der Waals surface area (Å²) in [5.74, 6) is 0.0300. The van der Waals surface area contributed by atoms with Crippen LogP contribution in [0.1, 0.15) is 27.2 Å². The molecule has 0 bridgehead atoms. The van der Waals surface area contributed by atoms with E-state index in [1.54, 1.807) is 12.1 Å². The Bertz CT molecular complexity index is 1020. The molecule has 0 spiro atoms. The van der Waals surface area contributed by atoms with Gasteiger partial charge in [-0.15, -0.1) is 11.3 Å². The van der Waals surface area contributed by atoms with Crippen molar-refractivity contribution in [3.05, 3.63) is 81.0 Å². The summed E-state index contributed by atoms with van der Waals surface area (Å²) >= 11 is 7.33. The van der Waals surface area contributed by atoms with Crippen LogP contribution in [0.4, 0.5) is 16.2 Å². The molecule has 0 radical (unpaired) electrons. The van der Waals surface area contributed by atoms with Crippen LogP contribution in [0.3, 0.4) is 0 Å². The Morgan fingerprint density at radius 3 is 2.69 bits per heavy atom. The number of aryl methyl sites for hydroxylation is 1. The van der Waals surface area contributed by atoms with E-state index in [2.05, 4.69) is 10.6 Å². The molecule has 2 aromatic carbocycles. The fraction of sp³-hybridized carbons (Fsp3) is 0.182. The summed E-state index contributed by atoms with van der Waals surface area (Å²) in [6.07, 6.45) is 1.78. The van der Waals surface area contributed by atoms with Crippen molar-refractivity contribution in [2.45, 2.75) is 19.4 Å². The SMILES string of the molecule is O=C(NCc1ccc(Cl)cc1)Nc1ccc2c(c1)CCCN2C(=O)c1cccs1. The summed E-state index contributed by atoms with van der Waals surface area (Å²) in [5.41, 5.74) is 3.67. The largest absolute Gasteiger partial charge is 0.334 e. The molecule has 29 heavy (non-hydrogen) atoms. The van der Waals surface area contributed by atoms with E-state index < -0.39 is 0 Å². The smallest absolute Gasteiger partial charge is 0.319 e. The maximum Gasteiger partial charge on any atom is 0.319 e. The highest BCUT2D eigenvalue weighted by Crippen LogP contribution is 2.31. The second kappa shape index (κ2) is 8.68. The van der Waals surface area contributed by atoms with Gasteiger partial charge in [0.05, 0.1) is 4.88 Å². The Morgan fingerprint density at radius 2 is 1.93 bits per heavy atom. The Hall–Kier alpha value is -2.83. The molecule has 2 heterocycles. The zero-order valence-corrected chi connectivity index (χ0v) is 17.2. The lowest BCUT2D eigenvalue weighted by Crippen LogP contribution is -2.35. The Morgan fingerprint density at radius 1 is 1.10 bits per heavy atom. The highest BCUT2D eigenvalue weighted by atomic mass is 35.5. The Labute approximate surface area is 178 Å². The van der Waals surface area contributed by atoms with Gasteiger partial charge in [0.25, 0.3) is 5.91 Å². The van der Waals surface area contributed by atoms with E-state index in [0.29, 0.717) is 23.8 Å². The number of halogens is 1. The summed E-state index contributed by atoms with van der Waals surface area (Å²) in [6.45, 7) is 1.12. The zero-order valence-electron chi connectivity index (χ0n) is 15.7. The number of thiophene rings is 1. The van der Waals surface area contributed by atoms with Crippen molar-refractivity contribution in [3.8, 4) is 0 Å². The maximum absolute atomic E-state index is 12.8. The van der Waals surface area contributed by atoms with E-state index in [1.807, 2.05) is 52.7 Å². The standard InChI is InChI=1S/C22H20ClN3O2S/c23-17-7-5-15(6-8-17)14-24-22(28)25-18-9-10-19-16(13-18)3-1-11-26(19)21(27)20-4-2-12-29-20/h2,4-10,12-13H,1,3,11,14H2,(H2,24,25,28). The van der Waals surface area contributed by atoms with Crippen LogP contribution in [0.5, 0.6) is 0 Å². The van der Waals surface area contributed by atoms with Gasteiger partial charge < -0.3 is 15.5 Å². The summed E-state index contributed by atoms with van der Waals surface area (Å²) in [5, 5.41) is 8.28. The molecule has 0 fully saturated rings. The topological polar surface area (TPSA) is 61.4 Å². The van der Waals surface area contributed by atoms with E-state index in [1.165, 1.54) is 11.3 Å². The van der Waals surface area contributed by atoms with E-state index in [9.17, 15) is 9.59 Å². The van der Waals surface area contributed by atoms with Crippen LogP contribution in [-0.2, 0) is 13.0 Å². The first-order valence-electron chi connectivity index (χ1n) is 9.38. The third-order valence-electron chi connectivity index (χ3n) is 4.80. The molecule has 0 aliphatic carbocycles. The fourth-order valence-corrected chi connectivity index (χ4v) is 4.18. The van der Waals surface area contributed by atoms with Crippen LogP contribution < -0.4 is 15.5 Å². The molecule has 4 rings (SSSR count). The number of hydrogen-bond acceptors (Lipinski definition) is 3. The van der Waals surface area contributed by atoms with Gasteiger partial charge in [-0.3, -0.25) is 4.79 Å². The van der Waals surface area contributed by atoms with Gasteiger partial charge in [0.15, 0.2) is 0 Å². The molecule has 0 saturated carbocycles. The molecule has 5 nitrogen and oxygen atoms in total. The number of fused-ring (bicyclic) bond motifs is 1. The molecular formula is C22H20ClN3O2S. The number of nitrogens with zero attached hydrogens (tertiary/aromatic N) is 1. The zero-order chi connectivity index (χ0) is 20.2. The lowest BCUT2D eigenvalue weighted by Gasteiger charge is -2.29. The Kier molecular flexibility index (Phi) is 5.83. The van der Waals surface area contributed by atoms with Crippen molar-refractivity contribution in [2.75, 3.05) is 16.8 Å². The van der Waals surface area contributed by atoms with Crippen LogP contribution in [-0.4, -0.2) is 18.5 Å². The molecule has 0 saturated heterocycles. The number of rotatable bonds is 4. The molecule has 0 unspecified atom stereocenters. The van der Waals surface area contributed by atoms with Gasteiger partial charge >= 0.3 is 6.03 Å². The van der Waals surface area contributed by atoms with E-state index in [0.717, 1.165) is 34.5 Å². The number of nitrogens with one attached hydrogen (secondary N) is 2. The lowest BCUT2D eigenvalue weighted by atomic mass is 10.0. The second-order valence-corrected chi connectivity index (χ2v) is 8.20. The molecule has 7 heteroatoms. The highest BCUT2D eigenvalue weighted by Gasteiger charge is 2.24. The van der Waals surface area contributed by atoms with Crippen LogP contribution in [0.2, 0.25) is 5.02 Å². The summed E-state index contributed by atoms with van der Waals surface area (Å²) < 4.78 is 0. The first-order chi connectivity index (χ1) is 14.1. The van der Waals surface area contributed by atoms with Gasteiger partial charge in [0.1, 0.15) is 0 Å². The molecule has 3 amide bonds. The van der Waals surface area contributed by atoms with Crippen molar-refractivity contribution in [1.29, 1.82) is 0 Å². The van der Waals surface area contributed by atoms with Gasteiger partial charge in [-0.2, -0.15) is 0 Å². The predicted octanol–water partition coefficient (Wildman–Crippen LogP) is 5.32. The minimum Gasteiger partial charge on any atom is -0.334 e. The van der Waals surface area contributed by atoms with E-state index in [4.69, 9.17) is 11.6 Å². The van der Waals surface area contributed by atoms with Crippen LogP contribution >= 0.6 is 22.9 Å². The maximum atomic E-state index is 12.8. The van der Waals surface area contributed by atoms with Crippen molar-refractivity contribution >= 4 is 46.3 Å². The molecule has 0 atom stereocenters. The van der Waals surface area contributed by atoms with Crippen molar-refractivity contribution in [1.82, 2.24) is 5.32 Å². The predicted molar refractivity (Wildman–Crippen MR) is 118 cm³/mol. The first kappa shape index (κ1) is 19.5. The molecule has 1 aliphatic heterocycles. The monoisotopic (exact) mass is 425 g/mol. The normalized spacial score (nSPS) is 12.9. The number of anilines is 2. The van der Waals surface area contributed by atoms with Crippen molar-refractivity contribution in [2.24, 2.45) is 0 Å². The summed E-state index contributed by atoms with van der Waals surface area (Å²) in [7, 11) is 0. The molecular weight excluding hydrogens is 406 g/mol. The number of urea groups is 1. The molecule has 2 N–H and O–H groups in total. The number of benzene rings is 2. The lowest BCUT2D eigenvalue weighted by molar-refractivity contribution is 0.0989. The van der Waals surface area contributed by atoms with Crippen LogP contribution in [0.25, 0.3) is 0 Å². The molecule has 148 valence electrons. The third-order valence-corrected chi connectivity index (χ3v) is 5.91. The number of amides is 3. The molecule has 3 aromatic rings. The second-order valence-electron chi connectivity index (χ2n) is 6.82. The average Bonchev–Trinajstić information content (AvgIpc) is 3.27. The summed E-state index contributed by atoms with van der Waals surface area (Å²) in [4.78, 5) is 27.6. The van der Waals surface area contributed by atoms with Gasteiger partial charge in [-0.05, 0) is 65.7 Å².